The van der Waals surface area contributed by atoms with Gasteiger partial charge in [-0.1, -0.05) is 12.2 Å². The molecule has 1 fully saturated rings. The van der Waals surface area contributed by atoms with Gasteiger partial charge in [-0.05, 0) is 32.3 Å². The molecule has 0 aromatic heterocycles. The minimum atomic E-state index is -0.206. The van der Waals surface area contributed by atoms with Crippen LogP contribution in [-0.2, 0) is 19.1 Å². The normalized spacial score (nSPS) is 19.9. The van der Waals surface area contributed by atoms with Crippen molar-refractivity contribution in [3.05, 3.63) is 23.3 Å². The quantitative estimate of drug-likeness (QED) is 0.728. The number of hydrogen-bond donors (Lipinski definition) is 0. The molecule has 0 radical (unpaired) electrons. The molecule has 0 atom stereocenters. The molecule has 126 valence electrons. The lowest BCUT2D eigenvalue weighted by Gasteiger charge is -2.32. The third kappa shape index (κ3) is 3.81. The Kier molecular flexibility index (Phi) is 5.58. The summed E-state index contributed by atoms with van der Waals surface area (Å²) >= 11 is 0. The molecule has 0 bridgehead atoms. The first-order chi connectivity index (χ1) is 11.0. The molecule has 2 aliphatic rings. The molecule has 0 unspecified atom stereocenters. The van der Waals surface area contributed by atoms with Gasteiger partial charge >= 0.3 is 5.97 Å². The summed E-state index contributed by atoms with van der Waals surface area (Å²) in [5, 5.41) is 0. The number of hydrogen-bond acceptors (Lipinski definition) is 4. The number of carbonyl (C=O) groups excluding carboxylic acids is 3. The Morgan fingerprint density at radius 2 is 1.96 bits per heavy atom. The number of carbonyl (C=O) groups is 3. The highest BCUT2D eigenvalue weighted by molar-refractivity contribution is 6.01. The summed E-state index contributed by atoms with van der Waals surface area (Å²) in [6.45, 7) is 5.46. The highest BCUT2D eigenvalue weighted by atomic mass is 16.5. The summed E-state index contributed by atoms with van der Waals surface area (Å²) < 4.78 is 4.75. The van der Waals surface area contributed by atoms with Gasteiger partial charge in [0.05, 0.1) is 13.0 Å². The summed E-state index contributed by atoms with van der Waals surface area (Å²) in [5.41, 5.74) is 1.68. The van der Waals surface area contributed by atoms with Crippen LogP contribution in [0.3, 0.4) is 0 Å². The van der Waals surface area contributed by atoms with E-state index in [1.165, 1.54) is 7.11 Å². The zero-order chi connectivity index (χ0) is 17.0. The van der Waals surface area contributed by atoms with E-state index >= 15 is 0 Å². The van der Waals surface area contributed by atoms with E-state index in [2.05, 4.69) is 0 Å². The van der Waals surface area contributed by atoms with Crippen molar-refractivity contribution in [2.75, 3.05) is 33.3 Å². The monoisotopic (exact) mass is 320 g/mol. The molecule has 1 saturated heterocycles. The number of piperidine rings is 1. The fourth-order valence-corrected chi connectivity index (χ4v) is 3.10. The Bertz CT molecular complexity index is 557. The second-order valence-electron chi connectivity index (χ2n) is 6.03. The molecule has 0 aliphatic carbocycles. The van der Waals surface area contributed by atoms with Crippen LogP contribution in [0, 0.1) is 5.92 Å². The van der Waals surface area contributed by atoms with E-state index in [4.69, 9.17) is 4.74 Å². The summed E-state index contributed by atoms with van der Waals surface area (Å²) in [7, 11) is 1.39. The maximum atomic E-state index is 12.4. The van der Waals surface area contributed by atoms with E-state index in [0.29, 0.717) is 38.0 Å². The molecule has 0 spiro atoms. The Hall–Kier alpha value is -2.11. The van der Waals surface area contributed by atoms with Gasteiger partial charge in [-0.2, -0.15) is 0 Å². The van der Waals surface area contributed by atoms with E-state index in [9.17, 15) is 14.4 Å². The van der Waals surface area contributed by atoms with Crippen LogP contribution in [0.5, 0.6) is 0 Å². The summed E-state index contributed by atoms with van der Waals surface area (Å²) in [4.78, 5) is 39.5. The fourth-order valence-electron chi connectivity index (χ4n) is 3.10. The van der Waals surface area contributed by atoms with Crippen LogP contribution < -0.4 is 0 Å². The average Bonchev–Trinajstić information content (AvgIpc) is 2.82. The molecule has 2 amide bonds. The molecule has 0 aromatic carbocycles. The lowest BCUT2D eigenvalue weighted by Crippen LogP contribution is -2.45. The van der Waals surface area contributed by atoms with Crippen LogP contribution in [0.15, 0.2) is 23.3 Å². The predicted molar refractivity (Wildman–Crippen MR) is 85.4 cm³/mol. The van der Waals surface area contributed by atoms with Gasteiger partial charge in [0.1, 0.15) is 6.54 Å². The first-order valence-electron chi connectivity index (χ1n) is 7.95. The highest BCUT2D eigenvalue weighted by Crippen LogP contribution is 2.22. The van der Waals surface area contributed by atoms with Crippen molar-refractivity contribution in [3.8, 4) is 0 Å². The number of amides is 2. The standard InChI is InChI=1S/C17H24N2O4/c1-4-5-14-12(2)10-19(16(14)21)11-15(20)18-8-6-13(7-9-18)17(22)23-3/h4-5,13H,6-11H2,1-3H3/b5-4-. The van der Waals surface area contributed by atoms with Crippen molar-refractivity contribution in [2.24, 2.45) is 5.92 Å². The molecule has 0 N–H and O–H groups in total. The van der Waals surface area contributed by atoms with Crippen LogP contribution in [0.1, 0.15) is 26.7 Å². The molecule has 0 saturated carbocycles. The number of allylic oxidation sites excluding steroid dienone is 1. The van der Waals surface area contributed by atoms with Gasteiger partial charge in [-0.15, -0.1) is 0 Å². The van der Waals surface area contributed by atoms with Gasteiger partial charge < -0.3 is 14.5 Å². The van der Waals surface area contributed by atoms with Crippen LogP contribution in [0.4, 0.5) is 0 Å². The highest BCUT2D eigenvalue weighted by Gasteiger charge is 2.32. The van der Waals surface area contributed by atoms with E-state index in [1.54, 1.807) is 15.9 Å². The summed E-state index contributed by atoms with van der Waals surface area (Å²) in [6.07, 6.45) is 4.87. The number of rotatable bonds is 4. The topological polar surface area (TPSA) is 66.9 Å². The second-order valence-corrected chi connectivity index (χ2v) is 6.03. The van der Waals surface area contributed by atoms with E-state index in [0.717, 1.165) is 5.57 Å². The van der Waals surface area contributed by atoms with E-state index in [-0.39, 0.29) is 30.2 Å². The Balaban J connectivity index is 1.87. The van der Waals surface area contributed by atoms with Crippen molar-refractivity contribution in [2.45, 2.75) is 26.7 Å². The zero-order valence-electron chi connectivity index (χ0n) is 14.0. The number of likely N-dealkylation sites (tertiary alicyclic amines) is 1. The van der Waals surface area contributed by atoms with Gasteiger partial charge in [0, 0.05) is 25.2 Å². The van der Waals surface area contributed by atoms with Gasteiger partial charge in [-0.25, -0.2) is 0 Å². The molecule has 2 heterocycles. The number of esters is 1. The first kappa shape index (κ1) is 17.2. The maximum absolute atomic E-state index is 12.4. The fraction of sp³-hybridized carbons (Fsp3) is 0.588. The van der Waals surface area contributed by atoms with Gasteiger partial charge in [0.25, 0.3) is 5.91 Å². The number of methoxy groups -OCH3 is 1. The van der Waals surface area contributed by atoms with Gasteiger partial charge in [-0.3, -0.25) is 14.4 Å². The maximum Gasteiger partial charge on any atom is 0.308 e. The minimum Gasteiger partial charge on any atom is -0.469 e. The predicted octanol–water partition coefficient (Wildman–Crippen LogP) is 1.13. The molecule has 2 rings (SSSR count). The molecular weight excluding hydrogens is 296 g/mol. The van der Waals surface area contributed by atoms with Crippen molar-refractivity contribution >= 4 is 17.8 Å². The van der Waals surface area contributed by atoms with Crippen molar-refractivity contribution < 1.29 is 19.1 Å². The zero-order valence-corrected chi connectivity index (χ0v) is 14.0. The van der Waals surface area contributed by atoms with E-state index in [1.807, 2.05) is 19.9 Å². The largest absolute Gasteiger partial charge is 0.469 e. The van der Waals surface area contributed by atoms with Crippen molar-refractivity contribution in [1.82, 2.24) is 9.80 Å². The molecular formula is C17H24N2O4. The van der Waals surface area contributed by atoms with Crippen molar-refractivity contribution in [3.63, 3.8) is 0 Å². The summed E-state index contributed by atoms with van der Waals surface area (Å²) in [5.74, 6) is -0.472. The molecule has 23 heavy (non-hydrogen) atoms. The van der Waals surface area contributed by atoms with Crippen LogP contribution in [-0.4, -0.2) is 60.9 Å². The van der Waals surface area contributed by atoms with Crippen LogP contribution in [0.25, 0.3) is 0 Å². The lowest BCUT2D eigenvalue weighted by atomic mass is 9.97. The van der Waals surface area contributed by atoms with Gasteiger partial charge in [0.15, 0.2) is 0 Å². The first-order valence-corrected chi connectivity index (χ1v) is 7.95. The smallest absolute Gasteiger partial charge is 0.308 e. The summed E-state index contributed by atoms with van der Waals surface area (Å²) in [6, 6.07) is 0. The Morgan fingerprint density at radius 1 is 1.30 bits per heavy atom. The molecule has 0 aromatic rings. The molecule has 6 nitrogen and oxygen atoms in total. The van der Waals surface area contributed by atoms with Crippen LogP contribution in [0.2, 0.25) is 0 Å². The Labute approximate surface area is 136 Å². The number of nitrogens with zero attached hydrogens (tertiary/aromatic N) is 2. The third-order valence-electron chi connectivity index (χ3n) is 4.45. The Morgan fingerprint density at radius 3 is 2.52 bits per heavy atom. The average molecular weight is 320 g/mol. The SMILES string of the molecule is C/C=C\C1=C(C)CN(CC(=O)N2CCC(C(=O)OC)CC2)C1=O. The van der Waals surface area contributed by atoms with E-state index < -0.39 is 0 Å². The lowest BCUT2D eigenvalue weighted by molar-refractivity contribution is -0.149. The van der Waals surface area contributed by atoms with Crippen molar-refractivity contribution in [1.29, 1.82) is 0 Å². The van der Waals surface area contributed by atoms with Crippen LogP contribution >= 0.6 is 0 Å². The number of ether oxygens (including phenoxy) is 1. The second kappa shape index (κ2) is 7.44. The minimum absolute atomic E-state index is 0.0591. The molecule has 2 aliphatic heterocycles. The van der Waals surface area contributed by atoms with Gasteiger partial charge in [0.2, 0.25) is 5.91 Å². The molecule has 6 heteroatoms. The third-order valence-corrected chi connectivity index (χ3v) is 4.45.